The molecular formula is C12H19N7. The van der Waals surface area contributed by atoms with Gasteiger partial charge in [-0.2, -0.15) is 0 Å². The Balaban J connectivity index is 2.28. The lowest BCUT2D eigenvalue weighted by Gasteiger charge is -2.16. The lowest BCUT2D eigenvalue weighted by molar-refractivity contribution is 0.714. The van der Waals surface area contributed by atoms with E-state index in [1.807, 2.05) is 32.4 Å². The van der Waals surface area contributed by atoms with Crippen molar-refractivity contribution in [1.82, 2.24) is 24.7 Å². The molecule has 2 aromatic rings. The Bertz CT molecular complexity index is 575. The van der Waals surface area contributed by atoms with Gasteiger partial charge in [-0.25, -0.2) is 9.97 Å². The van der Waals surface area contributed by atoms with Crippen LogP contribution in [-0.4, -0.2) is 24.7 Å². The summed E-state index contributed by atoms with van der Waals surface area (Å²) in [4.78, 5) is 8.70. The van der Waals surface area contributed by atoms with E-state index in [0.29, 0.717) is 5.82 Å². The summed E-state index contributed by atoms with van der Waals surface area (Å²) >= 11 is 0. The van der Waals surface area contributed by atoms with Crippen molar-refractivity contribution in [1.29, 1.82) is 0 Å². The maximum Gasteiger partial charge on any atom is 0.154 e. The second kappa shape index (κ2) is 5.21. The van der Waals surface area contributed by atoms with Crippen LogP contribution in [0, 0.1) is 6.92 Å². The van der Waals surface area contributed by atoms with E-state index in [1.165, 1.54) is 0 Å². The predicted octanol–water partition coefficient (Wildman–Crippen LogP) is 1.23. The predicted molar refractivity (Wildman–Crippen MR) is 73.6 cm³/mol. The van der Waals surface area contributed by atoms with Crippen molar-refractivity contribution in [3.8, 4) is 0 Å². The number of nitrogens with two attached hydrogens (primary N) is 1. The zero-order valence-corrected chi connectivity index (χ0v) is 11.7. The van der Waals surface area contributed by atoms with E-state index in [-0.39, 0.29) is 6.04 Å². The van der Waals surface area contributed by atoms with E-state index in [4.69, 9.17) is 5.73 Å². The highest BCUT2D eigenvalue weighted by Crippen LogP contribution is 2.22. The normalized spacial score (nSPS) is 12.4. The van der Waals surface area contributed by atoms with Crippen LogP contribution in [0.25, 0.3) is 0 Å². The average molecular weight is 261 g/mol. The second-order valence-electron chi connectivity index (χ2n) is 4.52. The molecule has 0 aromatic carbocycles. The van der Waals surface area contributed by atoms with Gasteiger partial charge in [0.1, 0.15) is 23.8 Å². The van der Waals surface area contributed by atoms with Gasteiger partial charge in [0.25, 0.3) is 0 Å². The highest BCUT2D eigenvalue weighted by atomic mass is 15.3. The molecule has 2 aromatic heterocycles. The van der Waals surface area contributed by atoms with Crippen molar-refractivity contribution < 1.29 is 0 Å². The molecule has 0 saturated heterocycles. The van der Waals surface area contributed by atoms with Gasteiger partial charge in [0, 0.05) is 19.0 Å². The molecule has 2 heterocycles. The Kier molecular flexibility index (Phi) is 3.64. The Morgan fingerprint density at radius 2 is 2.16 bits per heavy atom. The summed E-state index contributed by atoms with van der Waals surface area (Å²) < 4.78 is 1.87. The molecular weight excluding hydrogens is 242 g/mol. The van der Waals surface area contributed by atoms with Gasteiger partial charge < -0.3 is 15.6 Å². The Morgan fingerprint density at radius 3 is 2.74 bits per heavy atom. The third kappa shape index (κ3) is 2.64. The summed E-state index contributed by atoms with van der Waals surface area (Å²) in [7, 11) is 1.91. The van der Waals surface area contributed by atoms with Crippen LogP contribution in [0.5, 0.6) is 0 Å². The third-order valence-electron chi connectivity index (χ3n) is 3.03. The molecule has 1 atom stereocenters. The molecule has 0 aliphatic rings. The molecule has 0 fully saturated rings. The van der Waals surface area contributed by atoms with E-state index in [0.717, 1.165) is 29.5 Å². The van der Waals surface area contributed by atoms with Crippen LogP contribution in [0.3, 0.4) is 0 Å². The highest BCUT2D eigenvalue weighted by molar-refractivity contribution is 5.55. The van der Waals surface area contributed by atoms with Gasteiger partial charge >= 0.3 is 0 Å². The Labute approximate surface area is 112 Å². The molecule has 0 saturated carbocycles. The first-order valence-corrected chi connectivity index (χ1v) is 6.26. The molecule has 1 unspecified atom stereocenters. The summed E-state index contributed by atoms with van der Waals surface area (Å²) in [5.41, 5.74) is 6.75. The van der Waals surface area contributed by atoms with Gasteiger partial charge in [-0.1, -0.05) is 6.92 Å². The van der Waals surface area contributed by atoms with Crippen molar-refractivity contribution in [3.05, 3.63) is 23.5 Å². The van der Waals surface area contributed by atoms with Gasteiger partial charge in [0.2, 0.25) is 0 Å². The SMILES string of the molecule is CCc1nc(N)c(C)c(NC(C)c2nncn2C)n1. The largest absolute Gasteiger partial charge is 0.383 e. The molecule has 2 rings (SSSR count). The van der Waals surface area contributed by atoms with Crippen molar-refractivity contribution in [2.45, 2.75) is 33.2 Å². The number of nitrogens with one attached hydrogen (secondary N) is 1. The van der Waals surface area contributed by atoms with Crippen LogP contribution >= 0.6 is 0 Å². The minimum Gasteiger partial charge on any atom is -0.383 e. The summed E-state index contributed by atoms with van der Waals surface area (Å²) in [5, 5.41) is 11.3. The van der Waals surface area contributed by atoms with Crippen LogP contribution < -0.4 is 11.1 Å². The molecule has 0 radical (unpaired) electrons. The molecule has 7 heteroatoms. The molecule has 0 aliphatic heterocycles. The van der Waals surface area contributed by atoms with Crippen molar-refractivity contribution in [2.75, 3.05) is 11.1 Å². The topological polar surface area (TPSA) is 94.5 Å². The fourth-order valence-electron chi connectivity index (χ4n) is 1.83. The zero-order valence-electron chi connectivity index (χ0n) is 11.7. The summed E-state index contributed by atoms with van der Waals surface area (Å²) in [6.07, 6.45) is 2.42. The van der Waals surface area contributed by atoms with Crippen LogP contribution in [-0.2, 0) is 13.5 Å². The summed E-state index contributed by atoms with van der Waals surface area (Å²) in [6.45, 7) is 5.91. The first-order chi connectivity index (χ1) is 9.02. The van der Waals surface area contributed by atoms with Gasteiger partial charge in [-0.15, -0.1) is 10.2 Å². The number of nitrogens with zero attached hydrogens (tertiary/aromatic N) is 5. The number of nitrogen functional groups attached to an aromatic ring is 1. The Hall–Kier alpha value is -2.18. The minimum atomic E-state index is -0.00907. The molecule has 19 heavy (non-hydrogen) atoms. The van der Waals surface area contributed by atoms with Gasteiger partial charge in [-0.3, -0.25) is 0 Å². The van der Waals surface area contributed by atoms with Gasteiger partial charge in [-0.05, 0) is 13.8 Å². The fraction of sp³-hybridized carbons (Fsp3) is 0.500. The lowest BCUT2D eigenvalue weighted by atomic mass is 10.2. The van der Waals surface area contributed by atoms with Crippen molar-refractivity contribution in [2.24, 2.45) is 7.05 Å². The maximum absolute atomic E-state index is 5.90. The number of aromatic nitrogens is 5. The van der Waals surface area contributed by atoms with Crippen molar-refractivity contribution >= 4 is 11.6 Å². The first kappa shape index (κ1) is 13.3. The molecule has 0 bridgehead atoms. The molecule has 102 valence electrons. The molecule has 7 nitrogen and oxygen atoms in total. The Morgan fingerprint density at radius 1 is 1.42 bits per heavy atom. The smallest absolute Gasteiger partial charge is 0.154 e. The standard InChI is InChI=1S/C12H19N7/c1-5-9-16-10(13)7(2)11(17-9)15-8(3)12-18-14-6-19(12)4/h6,8H,5H2,1-4H3,(H3,13,15,16,17). The fourth-order valence-corrected chi connectivity index (χ4v) is 1.83. The van der Waals surface area contributed by atoms with Crippen LogP contribution in [0.4, 0.5) is 11.6 Å². The second-order valence-corrected chi connectivity index (χ2v) is 4.52. The van der Waals surface area contributed by atoms with E-state index < -0.39 is 0 Å². The van der Waals surface area contributed by atoms with Crippen LogP contribution in [0.15, 0.2) is 6.33 Å². The molecule has 3 N–H and O–H groups in total. The summed E-state index contributed by atoms with van der Waals surface area (Å²) in [6, 6.07) is -0.00907. The van der Waals surface area contributed by atoms with E-state index >= 15 is 0 Å². The van der Waals surface area contributed by atoms with Crippen molar-refractivity contribution in [3.63, 3.8) is 0 Å². The van der Waals surface area contributed by atoms with Gasteiger partial charge in [0.15, 0.2) is 5.82 Å². The van der Waals surface area contributed by atoms with Gasteiger partial charge in [0.05, 0.1) is 6.04 Å². The third-order valence-corrected chi connectivity index (χ3v) is 3.03. The number of aryl methyl sites for hydroxylation is 2. The molecule has 0 spiro atoms. The lowest BCUT2D eigenvalue weighted by Crippen LogP contribution is -2.15. The number of hydrogen-bond acceptors (Lipinski definition) is 6. The molecule has 0 aliphatic carbocycles. The van der Waals surface area contributed by atoms with E-state index in [9.17, 15) is 0 Å². The van der Waals surface area contributed by atoms with E-state index in [1.54, 1.807) is 6.33 Å². The monoisotopic (exact) mass is 261 g/mol. The van der Waals surface area contributed by atoms with E-state index in [2.05, 4.69) is 25.5 Å². The average Bonchev–Trinajstić information content (AvgIpc) is 2.80. The van der Waals surface area contributed by atoms with Crippen LogP contribution in [0.2, 0.25) is 0 Å². The van der Waals surface area contributed by atoms with Crippen LogP contribution in [0.1, 0.15) is 37.1 Å². The zero-order chi connectivity index (χ0) is 14.0. The quantitative estimate of drug-likeness (QED) is 0.859. The highest BCUT2D eigenvalue weighted by Gasteiger charge is 2.15. The maximum atomic E-state index is 5.90. The number of hydrogen-bond donors (Lipinski definition) is 2. The number of rotatable bonds is 4. The first-order valence-electron chi connectivity index (χ1n) is 6.26. The minimum absolute atomic E-state index is 0.00907. The number of anilines is 2. The summed E-state index contributed by atoms with van der Waals surface area (Å²) in [5.74, 6) is 2.84. The molecule has 0 amide bonds.